The van der Waals surface area contributed by atoms with E-state index in [0.29, 0.717) is 33.7 Å². The van der Waals surface area contributed by atoms with Gasteiger partial charge >= 0.3 is 6.03 Å². The van der Waals surface area contributed by atoms with Gasteiger partial charge in [0.15, 0.2) is 0 Å². The van der Waals surface area contributed by atoms with Gasteiger partial charge in [0, 0.05) is 66.8 Å². The Balaban J connectivity index is 1.50. The minimum absolute atomic E-state index is 0.115. The molecule has 2 amide bonds. The number of urea groups is 1. The maximum atomic E-state index is 13.4. The van der Waals surface area contributed by atoms with Crippen molar-refractivity contribution in [1.82, 2.24) is 20.9 Å². The summed E-state index contributed by atoms with van der Waals surface area (Å²) in [6, 6.07) is 17.0. The van der Waals surface area contributed by atoms with Crippen LogP contribution in [0.1, 0.15) is 23.5 Å². The monoisotopic (exact) mass is 597 g/mol. The van der Waals surface area contributed by atoms with E-state index < -0.39 is 0 Å². The summed E-state index contributed by atoms with van der Waals surface area (Å²) in [7, 11) is 0. The molecule has 1 fully saturated rings. The molecule has 3 heterocycles. The fourth-order valence-corrected chi connectivity index (χ4v) is 6.94. The highest BCUT2D eigenvalue weighted by Gasteiger charge is 2.37. The molecule has 3 aromatic carbocycles. The molecule has 2 atom stereocenters. The van der Waals surface area contributed by atoms with E-state index >= 15 is 0 Å². The number of rotatable bonds is 7. The van der Waals surface area contributed by atoms with Gasteiger partial charge in [-0.25, -0.2) is 4.79 Å². The first-order valence-corrected chi connectivity index (χ1v) is 14.5. The standard InChI is InChI=1S/C30H30Cl3N5O2/c31-25-5-2-1-4-21(25)22-10-19(24-16-37(14-18(24)8-9-39)15-20-12-34-17-36-20)11-28-23(22)13-35-30(40)38(28)29-26(32)6-3-7-27(29)33/h1-7,10-12,18,24,34,36,39H,8-9,13-17H2,(H,35,40). The third-order valence-electron chi connectivity index (χ3n) is 7.97. The molecule has 0 aliphatic carbocycles. The zero-order valence-electron chi connectivity index (χ0n) is 21.8. The topological polar surface area (TPSA) is 79.9 Å². The summed E-state index contributed by atoms with van der Waals surface area (Å²) < 4.78 is 0. The van der Waals surface area contributed by atoms with E-state index in [4.69, 9.17) is 34.8 Å². The third kappa shape index (κ3) is 5.13. The van der Waals surface area contributed by atoms with Gasteiger partial charge in [0.25, 0.3) is 0 Å². The van der Waals surface area contributed by atoms with E-state index in [1.54, 1.807) is 23.1 Å². The zero-order valence-corrected chi connectivity index (χ0v) is 24.0. The Morgan fingerprint density at radius 1 is 0.925 bits per heavy atom. The SMILES string of the molecule is O=C1NCc2c(-c3ccccc3Cl)cc(C3CN(CC4=CNCN4)CC3CCO)cc2N1c1c(Cl)cccc1Cl. The lowest BCUT2D eigenvalue weighted by Gasteiger charge is -2.34. The first-order valence-electron chi connectivity index (χ1n) is 13.4. The second kappa shape index (κ2) is 11.5. The van der Waals surface area contributed by atoms with E-state index in [2.05, 4.69) is 33.0 Å². The Morgan fingerprint density at radius 2 is 1.70 bits per heavy atom. The van der Waals surface area contributed by atoms with E-state index in [-0.39, 0.29) is 24.5 Å². The van der Waals surface area contributed by atoms with E-state index in [1.165, 1.54) is 0 Å². The van der Waals surface area contributed by atoms with Gasteiger partial charge in [-0.1, -0.05) is 65.1 Å². The van der Waals surface area contributed by atoms with Crippen LogP contribution in [0.4, 0.5) is 16.2 Å². The van der Waals surface area contributed by atoms with Crippen LogP contribution >= 0.6 is 34.8 Å². The number of likely N-dealkylation sites (tertiary alicyclic amines) is 1. The molecule has 0 radical (unpaired) electrons. The number of hydrogen-bond donors (Lipinski definition) is 4. The van der Waals surface area contributed by atoms with Crippen LogP contribution < -0.4 is 20.9 Å². The molecule has 0 saturated carbocycles. The summed E-state index contributed by atoms with van der Waals surface area (Å²) in [6.45, 7) is 3.69. The summed E-state index contributed by atoms with van der Waals surface area (Å²) in [5.74, 6) is 0.383. The number of nitrogens with zero attached hydrogens (tertiary/aromatic N) is 2. The van der Waals surface area contributed by atoms with Gasteiger partial charge in [0.05, 0.1) is 28.1 Å². The lowest BCUT2D eigenvalue weighted by molar-refractivity contribution is 0.247. The molecule has 0 aromatic heterocycles. The number of aliphatic hydroxyl groups is 1. The average Bonchev–Trinajstić information content (AvgIpc) is 3.60. The quantitative estimate of drug-likeness (QED) is 0.266. The van der Waals surface area contributed by atoms with Crippen molar-refractivity contribution in [2.45, 2.75) is 18.9 Å². The number of halogens is 3. The van der Waals surface area contributed by atoms with Crippen LogP contribution in [0.5, 0.6) is 0 Å². The van der Waals surface area contributed by atoms with Gasteiger partial charge in [0.1, 0.15) is 0 Å². The largest absolute Gasteiger partial charge is 0.396 e. The third-order valence-corrected chi connectivity index (χ3v) is 8.91. The van der Waals surface area contributed by atoms with Crippen LogP contribution in [0.3, 0.4) is 0 Å². The Kier molecular flexibility index (Phi) is 7.84. The number of aliphatic hydroxyl groups excluding tert-OH is 1. The van der Waals surface area contributed by atoms with Crippen molar-refractivity contribution < 1.29 is 9.90 Å². The average molecular weight is 599 g/mol. The highest BCUT2D eigenvalue weighted by Crippen LogP contribution is 2.47. The zero-order chi connectivity index (χ0) is 27.8. The fraction of sp³-hybridized carbons (Fsp3) is 0.300. The molecule has 4 N–H and O–H groups in total. The molecule has 0 bridgehead atoms. The maximum absolute atomic E-state index is 13.4. The lowest BCUT2D eigenvalue weighted by Crippen LogP contribution is -2.42. The molecule has 3 aliphatic heterocycles. The van der Waals surface area contributed by atoms with Gasteiger partial charge in [0.2, 0.25) is 0 Å². The van der Waals surface area contributed by atoms with Crippen molar-refractivity contribution in [2.24, 2.45) is 5.92 Å². The smallest absolute Gasteiger partial charge is 0.326 e. The molecule has 6 rings (SSSR count). The first kappa shape index (κ1) is 27.2. The van der Waals surface area contributed by atoms with Crippen LogP contribution in [-0.2, 0) is 6.54 Å². The molecular weight excluding hydrogens is 569 g/mol. The number of fused-ring (bicyclic) bond motifs is 1. The number of anilines is 2. The summed E-state index contributed by atoms with van der Waals surface area (Å²) in [5.41, 5.74) is 6.20. The molecule has 3 aromatic rings. The van der Waals surface area contributed by atoms with Crippen LogP contribution in [0.2, 0.25) is 15.1 Å². The van der Waals surface area contributed by atoms with Crippen LogP contribution in [0.15, 0.2) is 66.5 Å². The van der Waals surface area contributed by atoms with E-state index in [1.807, 2.05) is 30.5 Å². The van der Waals surface area contributed by atoms with E-state index in [9.17, 15) is 9.90 Å². The predicted octanol–water partition coefficient (Wildman–Crippen LogP) is 6.06. The Morgan fingerprint density at radius 3 is 2.42 bits per heavy atom. The van der Waals surface area contributed by atoms with Crippen LogP contribution in [-0.4, -0.2) is 48.9 Å². The van der Waals surface area contributed by atoms with Gasteiger partial charge in [-0.05, 0) is 47.7 Å². The van der Waals surface area contributed by atoms with Crippen molar-refractivity contribution in [3.05, 3.63) is 92.7 Å². The normalized spacial score (nSPS) is 20.6. The predicted molar refractivity (Wildman–Crippen MR) is 161 cm³/mol. The van der Waals surface area contributed by atoms with Gasteiger partial charge in [-0.3, -0.25) is 9.80 Å². The highest BCUT2D eigenvalue weighted by atomic mass is 35.5. The molecule has 208 valence electrons. The van der Waals surface area contributed by atoms with Crippen molar-refractivity contribution >= 4 is 52.2 Å². The summed E-state index contributed by atoms with van der Waals surface area (Å²) in [4.78, 5) is 17.4. The minimum Gasteiger partial charge on any atom is -0.396 e. The lowest BCUT2D eigenvalue weighted by atomic mass is 9.83. The molecule has 10 heteroatoms. The Bertz CT molecular complexity index is 1460. The Hall–Kier alpha value is -2.94. The second-order valence-electron chi connectivity index (χ2n) is 10.4. The molecule has 1 saturated heterocycles. The van der Waals surface area contributed by atoms with Crippen molar-refractivity contribution in [1.29, 1.82) is 0 Å². The molecule has 3 aliphatic rings. The molecular formula is C30H30Cl3N5O2. The number of para-hydroxylation sites is 1. The number of amides is 2. The highest BCUT2D eigenvalue weighted by molar-refractivity contribution is 6.40. The van der Waals surface area contributed by atoms with Crippen molar-refractivity contribution in [2.75, 3.05) is 37.8 Å². The number of carbonyl (C=O) groups excluding carboxylic acids is 1. The summed E-state index contributed by atoms with van der Waals surface area (Å²) in [5, 5.41) is 20.9. The fourth-order valence-electron chi connectivity index (χ4n) is 6.13. The Labute approximate surface area is 248 Å². The molecule has 7 nitrogen and oxygen atoms in total. The maximum Gasteiger partial charge on any atom is 0.326 e. The van der Waals surface area contributed by atoms with Crippen molar-refractivity contribution in [3.8, 4) is 11.1 Å². The summed E-state index contributed by atoms with van der Waals surface area (Å²) in [6.07, 6.45) is 2.71. The van der Waals surface area contributed by atoms with Gasteiger partial charge in [-0.15, -0.1) is 0 Å². The second-order valence-corrected chi connectivity index (χ2v) is 11.6. The molecule has 40 heavy (non-hydrogen) atoms. The molecule has 0 spiro atoms. The minimum atomic E-state index is -0.295. The number of nitrogens with one attached hydrogen (secondary N) is 3. The van der Waals surface area contributed by atoms with Gasteiger partial charge < -0.3 is 21.1 Å². The number of benzene rings is 3. The number of carbonyl (C=O) groups is 1. The van der Waals surface area contributed by atoms with Crippen molar-refractivity contribution in [3.63, 3.8) is 0 Å². The number of hydrogen-bond acceptors (Lipinski definition) is 5. The van der Waals surface area contributed by atoms with Crippen LogP contribution in [0.25, 0.3) is 11.1 Å². The van der Waals surface area contributed by atoms with Crippen LogP contribution in [0, 0.1) is 5.92 Å². The molecule has 2 unspecified atom stereocenters. The summed E-state index contributed by atoms with van der Waals surface area (Å²) >= 11 is 20.0. The van der Waals surface area contributed by atoms with Gasteiger partial charge in [-0.2, -0.15) is 0 Å². The first-order chi connectivity index (χ1) is 19.4. The van der Waals surface area contributed by atoms with E-state index in [0.717, 1.165) is 59.9 Å².